The highest BCUT2D eigenvalue weighted by Gasteiger charge is 2.23. The lowest BCUT2D eigenvalue weighted by molar-refractivity contribution is -0.119. The third-order valence-corrected chi connectivity index (χ3v) is 7.01. The normalized spacial score (nSPS) is 12.4. The van der Waals surface area contributed by atoms with Crippen LogP contribution in [0.25, 0.3) is 0 Å². The summed E-state index contributed by atoms with van der Waals surface area (Å²) in [5.74, 6) is -0.631. The molecule has 1 amide bonds. The van der Waals surface area contributed by atoms with Gasteiger partial charge in [0.25, 0.3) is 15.6 Å². The van der Waals surface area contributed by atoms with Crippen LogP contribution in [0.1, 0.15) is 24.1 Å². The van der Waals surface area contributed by atoms with E-state index in [1.807, 2.05) is 30.3 Å². The standard InChI is InChI=1S/C21H21Cl2N5O4S/c1-13-8-9-17(26-19(29)14(2)28-21(30)18(23)16(22)12-24-28)27-20(13)33(31,32)25-11-10-15-6-4-3-5-7-15/h3-9,12,14,25H,10-11H2,1-2H3,(H,26,27,29)/t14-/m1/s1. The first kappa shape index (κ1) is 24.8. The van der Waals surface area contributed by atoms with E-state index in [2.05, 4.69) is 20.1 Å². The van der Waals surface area contributed by atoms with E-state index in [-0.39, 0.29) is 27.4 Å². The predicted octanol–water partition coefficient (Wildman–Crippen LogP) is 2.97. The van der Waals surface area contributed by atoms with Crippen molar-refractivity contribution in [3.63, 3.8) is 0 Å². The van der Waals surface area contributed by atoms with Gasteiger partial charge < -0.3 is 5.32 Å². The monoisotopic (exact) mass is 509 g/mol. The SMILES string of the molecule is Cc1ccc(NC(=O)[C@@H](C)n2ncc(Cl)c(Cl)c2=O)nc1S(=O)(=O)NCCc1ccccc1. The second-order valence-electron chi connectivity index (χ2n) is 7.17. The van der Waals surface area contributed by atoms with Crippen LogP contribution in [0, 0.1) is 6.92 Å². The van der Waals surface area contributed by atoms with Crippen molar-refractivity contribution >= 4 is 45.0 Å². The Morgan fingerprint density at radius 3 is 2.55 bits per heavy atom. The van der Waals surface area contributed by atoms with Gasteiger partial charge in [0.2, 0.25) is 5.91 Å². The lowest BCUT2D eigenvalue weighted by Gasteiger charge is -2.15. The maximum absolute atomic E-state index is 12.8. The number of nitrogens with one attached hydrogen (secondary N) is 2. The molecule has 1 atom stereocenters. The lowest BCUT2D eigenvalue weighted by atomic mass is 10.2. The Morgan fingerprint density at radius 2 is 1.85 bits per heavy atom. The number of amides is 1. The van der Waals surface area contributed by atoms with Gasteiger partial charge in [-0.1, -0.05) is 59.6 Å². The molecule has 3 aromatic rings. The number of rotatable bonds is 8. The Bertz CT molecular complexity index is 1330. The number of sulfonamides is 1. The average Bonchev–Trinajstić information content (AvgIpc) is 2.79. The topological polar surface area (TPSA) is 123 Å². The molecule has 0 bridgehead atoms. The van der Waals surface area contributed by atoms with Crippen molar-refractivity contribution in [3.8, 4) is 0 Å². The molecule has 0 saturated carbocycles. The van der Waals surface area contributed by atoms with Gasteiger partial charge in [-0.05, 0) is 37.5 Å². The van der Waals surface area contributed by atoms with Crippen molar-refractivity contribution in [2.75, 3.05) is 11.9 Å². The summed E-state index contributed by atoms with van der Waals surface area (Å²) in [6.45, 7) is 3.23. The Morgan fingerprint density at radius 1 is 1.15 bits per heavy atom. The van der Waals surface area contributed by atoms with Crippen molar-refractivity contribution < 1.29 is 13.2 Å². The molecule has 0 spiro atoms. The van der Waals surface area contributed by atoms with Gasteiger partial charge in [-0.2, -0.15) is 5.10 Å². The van der Waals surface area contributed by atoms with Gasteiger partial charge in [-0.3, -0.25) is 9.59 Å². The van der Waals surface area contributed by atoms with Crippen molar-refractivity contribution in [1.82, 2.24) is 19.5 Å². The Kier molecular flexibility index (Phi) is 7.85. The summed E-state index contributed by atoms with van der Waals surface area (Å²) in [5, 5.41) is 5.85. The fraction of sp³-hybridized carbons (Fsp3) is 0.238. The number of anilines is 1. The van der Waals surface area contributed by atoms with E-state index < -0.39 is 27.5 Å². The van der Waals surface area contributed by atoms with Crippen LogP contribution in [0.3, 0.4) is 0 Å². The molecular formula is C21H21Cl2N5O4S. The quantitative estimate of drug-likeness (QED) is 0.481. The second-order valence-corrected chi connectivity index (χ2v) is 9.64. The highest BCUT2D eigenvalue weighted by Crippen LogP contribution is 2.18. The lowest BCUT2D eigenvalue weighted by Crippen LogP contribution is -2.34. The van der Waals surface area contributed by atoms with E-state index in [1.165, 1.54) is 19.1 Å². The molecule has 12 heteroatoms. The van der Waals surface area contributed by atoms with Crippen molar-refractivity contribution in [3.05, 3.63) is 80.2 Å². The van der Waals surface area contributed by atoms with Crippen LogP contribution < -0.4 is 15.6 Å². The number of pyridine rings is 1. The van der Waals surface area contributed by atoms with Gasteiger partial charge in [0.05, 0.1) is 11.2 Å². The van der Waals surface area contributed by atoms with Crippen molar-refractivity contribution in [2.24, 2.45) is 0 Å². The fourth-order valence-electron chi connectivity index (χ4n) is 2.94. The largest absolute Gasteiger partial charge is 0.309 e. The molecule has 9 nitrogen and oxygen atoms in total. The van der Waals surface area contributed by atoms with Gasteiger partial charge in [0, 0.05) is 6.54 Å². The third-order valence-electron chi connectivity index (χ3n) is 4.75. The minimum Gasteiger partial charge on any atom is -0.309 e. The number of halogens is 2. The van der Waals surface area contributed by atoms with Crippen LogP contribution in [-0.2, 0) is 21.2 Å². The first-order valence-electron chi connectivity index (χ1n) is 9.85. The molecule has 3 rings (SSSR count). The van der Waals surface area contributed by atoms with E-state index >= 15 is 0 Å². The summed E-state index contributed by atoms with van der Waals surface area (Å²) in [6, 6.07) is 11.4. The molecular weight excluding hydrogens is 489 g/mol. The molecule has 0 fully saturated rings. The van der Waals surface area contributed by atoms with Gasteiger partial charge in [0.15, 0.2) is 5.03 Å². The molecule has 174 valence electrons. The summed E-state index contributed by atoms with van der Waals surface area (Å²) in [7, 11) is -3.92. The number of carbonyl (C=O) groups excluding carboxylic acids is 1. The number of nitrogens with zero attached hydrogens (tertiary/aromatic N) is 3. The Labute approximate surface area is 200 Å². The molecule has 0 unspecified atom stereocenters. The van der Waals surface area contributed by atoms with E-state index in [0.29, 0.717) is 12.0 Å². The zero-order chi connectivity index (χ0) is 24.2. The molecule has 2 heterocycles. The molecule has 2 aromatic heterocycles. The maximum atomic E-state index is 12.8. The van der Waals surface area contributed by atoms with Gasteiger partial charge in [0.1, 0.15) is 16.9 Å². The molecule has 2 N–H and O–H groups in total. The number of carbonyl (C=O) groups is 1. The molecule has 0 aliphatic heterocycles. The van der Waals surface area contributed by atoms with Crippen LogP contribution in [-0.4, -0.2) is 35.6 Å². The number of benzene rings is 1. The van der Waals surface area contributed by atoms with Crippen LogP contribution in [0.5, 0.6) is 0 Å². The Hall–Kier alpha value is -2.79. The van der Waals surface area contributed by atoms with E-state index in [9.17, 15) is 18.0 Å². The van der Waals surface area contributed by atoms with Gasteiger partial charge in [-0.25, -0.2) is 22.8 Å². The number of aryl methyl sites for hydroxylation is 1. The molecule has 0 aliphatic carbocycles. The maximum Gasteiger partial charge on any atom is 0.287 e. The predicted molar refractivity (Wildman–Crippen MR) is 126 cm³/mol. The van der Waals surface area contributed by atoms with Crippen LogP contribution >= 0.6 is 23.2 Å². The first-order chi connectivity index (χ1) is 15.6. The molecule has 0 aliphatic rings. The average molecular weight is 510 g/mol. The smallest absolute Gasteiger partial charge is 0.287 e. The number of aromatic nitrogens is 3. The number of hydrogen-bond acceptors (Lipinski definition) is 6. The first-order valence-corrected chi connectivity index (χ1v) is 12.1. The molecule has 1 aromatic carbocycles. The van der Waals surface area contributed by atoms with Crippen LogP contribution in [0.15, 0.2) is 58.5 Å². The summed E-state index contributed by atoms with van der Waals surface area (Å²) in [6.07, 6.45) is 1.67. The number of hydrogen-bond donors (Lipinski definition) is 2. The highest BCUT2D eigenvalue weighted by atomic mass is 35.5. The zero-order valence-corrected chi connectivity index (χ0v) is 20.1. The van der Waals surface area contributed by atoms with Crippen LogP contribution in [0.2, 0.25) is 10.0 Å². The summed E-state index contributed by atoms with van der Waals surface area (Å²) < 4.78 is 29.0. The summed E-state index contributed by atoms with van der Waals surface area (Å²) >= 11 is 11.6. The summed E-state index contributed by atoms with van der Waals surface area (Å²) in [4.78, 5) is 29.0. The van der Waals surface area contributed by atoms with Gasteiger partial charge in [-0.15, -0.1) is 0 Å². The molecule has 33 heavy (non-hydrogen) atoms. The minimum absolute atomic E-state index is 0.00833. The molecule has 0 saturated heterocycles. The fourth-order valence-corrected chi connectivity index (χ4v) is 4.41. The summed E-state index contributed by atoms with van der Waals surface area (Å²) in [5.41, 5.74) is 0.677. The van der Waals surface area contributed by atoms with E-state index in [1.54, 1.807) is 6.92 Å². The van der Waals surface area contributed by atoms with Crippen LogP contribution in [0.4, 0.5) is 5.82 Å². The van der Waals surface area contributed by atoms with E-state index in [4.69, 9.17) is 23.2 Å². The molecule has 0 radical (unpaired) electrons. The minimum atomic E-state index is -3.92. The zero-order valence-electron chi connectivity index (χ0n) is 17.7. The van der Waals surface area contributed by atoms with Crippen molar-refractivity contribution in [1.29, 1.82) is 0 Å². The van der Waals surface area contributed by atoms with Gasteiger partial charge >= 0.3 is 0 Å². The van der Waals surface area contributed by atoms with Crippen molar-refractivity contribution in [2.45, 2.75) is 31.3 Å². The Balaban J connectivity index is 1.74. The highest BCUT2D eigenvalue weighted by molar-refractivity contribution is 7.89. The third kappa shape index (κ3) is 5.97. The van der Waals surface area contributed by atoms with E-state index in [0.717, 1.165) is 16.4 Å². The second kappa shape index (κ2) is 10.4.